The van der Waals surface area contributed by atoms with Crippen molar-refractivity contribution in [2.45, 2.75) is 26.3 Å². The van der Waals surface area contributed by atoms with Crippen LogP contribution in [-0.4, -0.2) is 31.8 Å². The van der Waals surface area contributed by atoms with Gasteiger partial charge in [0.05, 0.1) is 11.5 Å². The number of nitro groups is 1. The molecule has 0 radical (unpaired) electrons. The lowest BCUT2D eigenvalue weighted by Gasteiger charge is -2.09. The molecule has 1 N–H and O–H groups in total. The summed E-state index contributed by atoms with van der Waals surface area (Å²) in [5.41, 5.74) is 0.929. The molecule has 1 aromatic rings. The van der Waals surface area contributed by atoms with Gasteiger partial charge in [0.25, 0.3) is 0 Å². The lowest BCUT2D eigenvalue weighted by Crippen LogP contribution is -2.10. The lowest BCUT2D eigenvalue weighted by molar-refractivity contribution is -0.385. The van der Waals surface area contributed by atoms with Crippen LogP contribution >= 0.6 is 0 Å². The molecular weight excluding hydrogens is 260 g/mol. The van der Waals surface area contributed by atoms with Gasteiger partial charge in [0.15, 0.2) is 5.75 Å². The molecular formula is C14H22N2O4. The molecule has 0 heterocycles. The second kappa shape index (κ2) is 9.28. The van der Waals surface area contributed by atoms with Crippen LogP contribution in [-0.2, 0) is 11.3 Å². The Morgan fingerprint density at radius 2 is 2.10 bits per heavy atom. The molecule has 6 heteroatoms. The predicted molar refractivity (Wildman–Crippen MR) is 77.1 cm³/mol. The van der Waals surface area contributed by atoms with Crippen LogP contribution in [0.4, 0.5) is 5.69 Å². The Bertz CT molecular complexity index is 424. The van der Waals surface area contributed by atoms with Gasteiger partial charge < -0.3 is 14.8 Å². The zero-order valence-corrected chi connectivity index (χ0v) is 12.1. The van der Waals surface area contributed by atoms with E-state index in [0.717, 1.165) is 18.4 Å². The first-order chi connectivity index (χ1) is 9.69. The van der Waals surface area contributed by atoms with Crippen LogP contribution < -0.4 is 10.1 Å². The van der Waals surface area contributed by atoms with Gasteiger partial charge in [-0.2, -0.15) is 0 Å². The second-order valence-corrected chi connectivity index (χ2v) is 4.40. The predicted octanol–water partition coefficient (Wildman–Crippen LogP) is 2.51. The fourth-order valence-corrected chi connectivity index (χ4v) is 1.70. The van der Waals surface area contributed by atoms with Crippen molar-refractivity contribution in [1.29, 1.82) is 0 Å². The summed E-state index contributed by atoms with van der Waals surface area (Å²) < 4.78 is 10.8. The van der Waals surface area contributed by atoms with Crippen molar-refractivity contribution >= 4 is 5.69 Å². The van der Waals surface area contributed by atoms with Crippen LogP contribution in [0.2, 0.25) is 0 Å². The van der Waals surface area contributed by atoms with Crippen molar-refractivity contribution in [3.05, 3.63) is 33.9 Å². The quantitative estimate of drug-likeness (QED) is 0.405. The van der Waals surface area contributed by atoms with Gasteiger partial charge in [0.2, 0.25) is 0 Å². The zero-order valence-electron chi connectivity index (χ0n) is 12.1. The van der Waals surface area contributed by atoms with E-state index in [0.29, 0.717) is 32.1 Å². The number of nitrogens with one attached hydrogen (secondary N) is 1. The van der Waals surface area contributed by atoms with Crippen molar-refractivity contribution in [3.63, 3.8) is 0 Å². The SMILES string of the molecule is CCCCOCCOc1cc(CNC)ccc1[N+](=O)[O-]. The lowest BCUT2D eigenvalue weighted by atomic mass is 10.2. The first-order valence-electron chi connectivity index (χ1n) is 6.81. The Balaban J connectivity index is 2.56. The zero-order chi connectivity index (χ0) is 14.8. The molecule has 0 amide bonds. The average Bonchev–Trinajstić information content (AvgIpc) is 2.43. The molecule has 20 heavy (non-hydrogen) atoms. The Kier molecular flexibility index (Phi) is 7.60. The van der Waals surface area contributed by atoms with Gasteiger partial charge in [-0.25, -0.2) is 0 Å². The topological polar surface area (TPSA) is 73.6 Å². The van der Waals surface area contributed by atoms with E-state index in [1.54, 1.807) is 12.1 Å². The third-order valence-electron chi connectivity index (χ3n) is 2.73. The summed E-state index contributed by atoms with van der Waals surface area (Å²) in [5.74, 6) is 0.293. The molecule has 0 aromatic heterocycles. The second-order valence-electron chi connectivity index (χ2n) is 4.40. The van der Waals surface area contributed by atoms with Crippen LogP contribution in [0, 0.1) is 10.1 Å². The number of unbranched alkanes of at least 4 members (excludes halogenated alkanes) is 1. The van der Waals surface area contributed by atoms with Gasteiger partial charge in [0, 0.05) is 19.2 Å². The van der Waals surface area contributed by atoms with Crippen molar-refractivity contribution in [3.8, 4) is 5.75 Å². The van der Waals surface area contributed by atoms with E-state index in [2.05, 4.69) is 12.2 Å². The summed E-state index contributed by atoms with van der Waals surface area (Å²) in [7, 11) is 1.82. The van der Waals surface area contributed by atoms with Gasteiger partial charge >= 0.3 is 5.69 Å². The summed E-state index contributed by atoms with van der Waals surface area (Å²) in [4.78, 5) is 10.5. The van der Waals surface area contributed by atoms with Crippen molar-refractivity contribution in [1.82, 2.24) is 5.32 Å². The van der Waals surface area contributed by atoms with E-state index in [-0.39, 0.29) is 5.69 Å². The third kappa shape index (κ3) is 5.54. The molecule has 0 aliphatic heterocycles. The van der Waals surface area contributed by atoms with E-state index in [4.69, 9.17) is 9.47 Å². The Hall–Kier alpha value is -1.66. The van der Waals surface area contributed by atoms with Crippen LogP contribution in [0.1, 0.15) is 25.3 Å². The minimum absolute atomic E-state index is 0.0154. The normalized spacial score (nSPS) is 10.5. The highest BCUT2D eigenvalue weighted by Gasteiger charge is 2.15. The summed E-state index contributed by atoms with van der Waals surface area (Å²) in [6.45, 7) is 4.18. The largest absolute Gasteiger partial charge is 0.484 e. The van der Waals surface area contributed by atoms with E-state index >= 15 is 0 Å². The highest BCUT2D eigenvalue weighted by molar-refractivity contribution is 5.48. The monoisotopic (exact) mass is 282 g/mol. The highest BCUT2D eigenvalue weighted by atomic mass is 16.6. The smallest absolute Gasteiger partial charge is 0.310 e. The van der Waals surface area contributed by atoms with E-state index in [1.165, 1.54) is 6.07 Å². The molecule has 0 aliphatic rings. The fourth-order valence-electron chi connectivity index (χ4n) is 1.70. The molecule has 0 bridgehead atoms. The molecule has 0 atom stereocenters. The van der Waals surface area contributed by atoms with Gasteiger partial charge in [-0.3, -0.25) is 10.1 Å². The number of nitrogens with zero attached hydrogens (tertiary/aromatic N) is 1. The molecule has 0 aliphatic carbocycles. The Labute approximate surface area is 119 Å². The molecule has 0 saturated carbocycles. The first-order valence-corrected chi connectivity index (χ1v) is 6.81. The molecule has 1 rings (SSSR count). The maximum absolute atomic E-state index is 10.9. The minimum Gasteiger partial charge on any atom is -0.484 e. The summed E-state index contributed by atoms with van der Waals surface area (Å²) in [6, 6.07) is 4.89. The van der Waals surface area contributed by atoms with Crippen molar-refractivity contribution < 1.29 is 14.4 Å². The summed E-state index contributed by atoms with van der Waals surface area (Å²) >= 11 is 0. The molecule has 0 saturated heterocycles. The Morgan fingerprint density at radius 3 is 2.75 bits per heavy atom. The molecule has 6 nitrogen and oxygen atoms in total. The first kappa shape index (κ1) is 16.4. The number of benzene rings is 1. The van der Waals surface area contributed by atoms with E-state index < -0.39 is 4.92 Å². The van der Waals surface area contributed by atoms with Gasteiger partial charge in [-0.15, -0.1) is 0 Å². The molecule has 112 valence electrons. The maximum Gasteiger partial charge on any atom is 0.310 e. The maximum atomic E-state index is 10.9. The van der Waals surface area contributed by atoms with Gasteiger partial charge in [-0.05, 0) is 25.1 Å². The molecule has 0 fully saturated rings. The number of rotatable bonds is 10. The molecule has 0 spiro atoms. The van der Waals surface area contributed by atoms with Crippen LogP contribution in [0.15, 0.2) is 18.2 Å². The minimum atomic E-state index is -0.434. The van der Waals surface area contributed by atoms with Gasteiger partial charge in [0.1, 0.15) is 6.61 Å². The molecule has 1 aromatic carbocycles. The Morgan fingerprint density at radius 1 is 1.30 bits per heavy atom. The number of nitro benzene ring substituents is 1. The summed E-state index contributed by atoms with van der Waals surface area (Å²) in [5, 5.41) is 13.9. The standard InChI is InChI=1S/C14H22N2O4/c1-3-4-7-19-8-9-20-14-10-12(11-15-2)5-6-13(14)16(17)18/h5-6,10,15H,3-4,7-9,11H2,1-2H3. The van der Waals surface area contributed by atoms with Crippen molar-refractivity contribution in [2.75, 3.05) is 26.9 Å². The number of hydrogen-bond donors (Lipinski definition) is 1. The summed E-state index contributed by atoms with van der Waals surface area (Å²) in [6.07, 6.45) is 2.09. The van der Waals surface area contributed by atoms with E-state index in [1.807, 2.05) is 7.05 Å². The van der Waals surface area contributed by atoms with Crippen LogP contribution in [0.25, 0.3) is 0 Å². The fraction of sp³-hybridized carbons (Fsp3) is 0.571. The average molecular weight is 282 g/mol. The van der Waals surface area contributed by atoms with Gasteiger partial charge in [-0.1, -0.05) is 19.4 Å². The number of ether oxygens (including phenoxy) is 2. The van der Waals surface area contributed by atoms with Crippen LogP contribution in [0.3, 0.4) is 0 Å². The highest BCUT2D eigenvalue weighted by Crippen LogP contribution is 2.27. The van der Waals surface area contributed by atoms with E-state index in [9.17, 15) is 10.1 Å². The molecule has 0 unspecified atom stereocenters. The van der Waals surface area contributed by atoms with Crippen LogP contribution in [0.5, 0.6) is 5.75 Å². The number of hydrogen-bond acceptors (Lipinski definition) is 5. The third-order valence-corrected chi connectivity index (χ3v) is 2.73. The van der Waals surface area contributed by atoms with Crippen molar-refractivity contribution in [2.24, 2.45) is 0 Å².